The molecule has 30 heavy (non-hydrogen) atoms. The van der Waals surface area contributed by atoms with E-state index in [1.807, 2.05) is 30.3 Å². The van der Waals surface area contributed by atoms with Gasteiger partial charge in [-0.3, -0.25) is 19.1 Å². The SMILES string of the molecule is Cc1c(NC(=O)C2CC(=O)N(c3ccccc3Cl)C2)c(=O)n(-c2ccccc2)n1C. The van der Waals surface area contributed by atoms with Gasteiger partial charge in [-0.05, 0) is 31.2 Å². The van der Waals surface area contributed by atoms with Crippen LogP contribution in [-0.4, -0.2) is 27.7 Å². The van der Waals surface area contributed by atoms with Crippen LogP contribution in [0.4, 0.5) is 11.4 Å². The summed E-state index contributed by atoms with van der Waals surface area (Å²) in [4.78, 5) is 39.9. The molecule has 1 unspecified atom stereocenters. The third-order valence-electron chi connectivity index (χ3n) is 5.44. The fourth-order valence-electron chi connectivity index (χ4n) is 3.72. The first-order valence-corrected chi connectivity index (χ1v) is 9.96. The first-order chi connectivity index (χ1) is 14.4. The van der Waals surface area contributed by atoms with Gasteiger partial charge in [0.1, 0.15) is 5.69 Å². The fraction of sp³-hybridized carbons (Fsp3) is 0.227. The molecule has 0 bridgehead atoms. The monoisotopic (exact) mass is 424 g/mol. The van der Waals surface area contributed by atoms with Crippen LogP contribution in [-0.2, 0) is 16.6 Å². The van der Waals surface area contributed by atoms with E-state index in [1.54, 1.807) is 42.9 Å². The van der Waals surface area contributed by atoms with E-state index in [0.29, 0.717) is 22.1 Å². The van der Waals surface area contributed by atoms with Gasteiger partial charge in [0.25, 0.3) is 5.56 Å². The molecule has 3 aromatic rings. The number of carbonyl (C=O) groups is 2. The molecule has 0 saturated carbocycles. The Bertz CT molecular complexity index is 1180. The summed E-state index contributed by atoms with van der Waals surface area (Å²) in [5.74, 6) is -1.10. The zero-order chi connectivity index (χ0) is 21.4. The van der Waals surface area contributed by atoms with Crippen LogP contribution in [0.2, 0.25) is 5.02 Å². The topological polar surface area (TPSA) is 76.3 Å². The van der Waals surface area contributed by atoms with Gasteiger partial charge in [0.05, 0.1) is 28.0 Å². The molecule has 4 rings (SSSR count). The van der Waals surface area contributed by atoms with E-state index >= 15 is 0 Å². The Hall–Kier alpha value is -3.32. The number of halogens is 1. The minimum Gasteiger partial charge on any atom is -0.320 e. The molecule has 1 aliphatic rings. The summed E-state index contributed by atoms with van der Waals surface area (Å²) in [5, 5.41) is 3.21. The second kappa shape index (κ2) is 7.84. The highest BCUT2D eigenvalue weighted by Gasteiger charge is 2.36. The van der Waals surface area contributed by atoms with Gasteiger partial charge in [0.2, 0.25) is 11.8 Å². The molecule has 2 heterocycles. The van der Waals surface area contributed by atoms with E-state index in [4.69, 9.17) is 11.6 Å². The van der Waals surface area contributed by atoms with Crippen molar-refractivity contribution in [3.8, 4) is 5.69 Å². The van der Waals surface area contributed by atoms with Gasteiger partial charge >= 0.3 is 0 Å². The van der Waals surface area contributed by atoms with Crippen molar-refractivity contribution in [2.45, 2.75) is 13.3 Å². The number of para-hydroxylation sites is 2. The number of hydrogen-bond donors (Lipinski definition) is 1. The highest BCUT2D eigenvalue weighted by atomic mass is 35.5. The number of benzene rings is 2. The predicted octanol–water partition coefficient (Wildman–Crippen LogP) is 3.13. The number of hydrogen-bond acceptors (Lipinski definition) is 3. The van der Waals surface area contributed by atoms with E-state index in [9.17, 15) is 14.4 Å². The molecule has 1 fully saturated rings. The smallest absolute Gasteiger partial charge is 0.295 e. The molecule has 1 aliphatic heterocycles. The number of carbonyl (C=O) groups excluding carboxylic acids is 2. The molecule has 1 aromatic heterocycles. The average Bonchev–Trinajstić information content (AvgIpc) is 3.22. The van der Waals surface area contributed by atoms with Crippen LogP contribution in [0.3, 0.4) is 0 Å². The molecule has 154 valence electrons. The minimum absolute atomic E-state index is 0.0653. The predicted molar refractivity (Wildman–Crippen MR) is 116 cm³/mol. The van der Waals surface area contributed by atoms with Crippen molar-refractivity contribution in [3.05, 3.63) is 75.7 Å². The average molecular weight is 425 g/mol. The Morgan fingerprint density at radius 1 is 1.07 bits per heavy atom. The summed E-state index contributed by atoms with van der Waals surface area (Å²) < 4.78 is 3.20. The van der Waals surface area contributed by atoms with Gasteiger partial charge in [-0.1, -0.05) is 41.9 Å². The molecule has 0 radical (unpaired) electrons. The first kappa shape index (κ1) is 20.0. The summed E-state index contributed by atoms with van der Waals surface area (Å²) >= 11 is 6.21. The molecule has 2 amide bonds. The largest absolute Gasteiger partial charge is 0.320 e. The molecule has 1 atom stereocenters. The van der Waals surface area contributed by atoms with Crippen LogP contribution < -0.4 is 15.8 Å². The van der Waals surface area contributed by atoms with Crippen molar-refractivity contribution < 1.29 is 9.59 Å². The minimum atomic E-state index is -0.571. The second-order valence-corrected chi connectivity index (χ2v) is 7.69. The lowest BCUT2D eigenvalue weighted by Crippen LogP contribution is -2.30. The van der Waals surface area contributed by atoms with E-state index in [-0.39, 0.29) is 36.0 Å². The number of anilines is 2. The van der Waals surface area contributed by atoms with Gasteiger partial charge in [-0.15, -0.1) is 0 Å². The molecular formula is C22H21ClN4O3. The van der Waals surface area contributed by atoms with E-state index in [0.717, 1.165) is 0 Å². The van der Waals surface area contributed by atoms with Crippen molar-refractivity contribution in [1.82, 2.24) is 9.36 Å². The van der Waals surface area contributed by atoms with Crippen LogP contribution in [0.5, 0.6) is 0 Å². The zero-order valence-electron chi connectivity index (χ0n) is 16.6. The maximum atomic E-state index is 13.0. The van der Waals surface area contributed by atoms with Gasteiger partial charge in [0, 0.05) is 20.0 Å². The summed E-state index contributed by atoms with van der Waals surface area (Å²) in [6.45, 7) is 1.99. The van der Waals surface area contributed by atoms with Crippen molar-refractivity contribution >= 4 is 34.8 Å². The van der Waals surface area contributed by atoms with E-state index in [2.05, 4.69) is 5.32 Å². The van der Waals surface area contributed by atoms with E-state index < -0.39 is 5.92 Å². The number of nitrogens with one attached hydrogen (secondary N) is 1. The van der Waals surface area contributed by atoms with Crippen molar-refractivity contribution in [1.29, 1.82) is 0 Å². The molecule has 2 aromatic carbocycles. The van der Waals surface area contributed by atoms with Gasteiger partial charge in [0.15, 0.2) is 0 Å². The second-order valence-electron chi connectivity index (χ2n) is 7.28. The maximum Gasteiger partial charge on any atom is 0.295 e. The van der Waals surface area contributed by atoms with Crippen molar-refractivity contribution in [3.63, 3.8) is 0 Å². The molecule has 0 spiro atoms. The summed E-state index contributed by atoms with van der Waals surface area (Å²) in [6, 6.07) is 16.2. The third-order valence-corrected chi connectivity index (χ3v) is 5.76. The zero-order valence-corrected chi connectivity index (χ0v) is 17.4. The Labute approximate surface area is 178 Å². The number of aromatic nitrogens is 2. The van der Waals surface area contributed by atoms with Crippen molar-refractivity contribution in [2.24, 2.45) is 13.0 Å². The number of amides is 2. The van der Waals surface area contributed by atoms with Crippen LogP contribution in [0.15, 0.2) is 59.4 Å². The highest BCUT2D eigenvalue weighted by Crippen LogP contribution is 2.31. The Morgan fingerprint density at radius 2 is 1.73 bits per heavy atom. The lowest BCUT2D eigenvalue weighted by molar-refractivity contribution is -0.122. The normalized spacial score (nSPS) is 16.2. The summed E-state index contributed by atoms with van der Waals surface area (Å²) in [5.41, 5.74) is 1.82. The third kappa shape index (κ3) is 3.41. The van der Waals surface area contributed by atoms with Crippen molar-refractivity contribution in [2.75, 3.05) is 16.8 Å². The van der Waals surface area contributed by atoms with Crippen LogP contribution >= 0.6 is 11.6 Å². The fourth-order valence-corrected chi connectivity index (χ4v) is 3.96. The van der Waals surface area contributed by atoms with Gasteiger partial charge in [-0.2, -0.15) is 0 Å². The Balaban J connectivity index is 1.58. The van der Waals surface area contributed by atoms with Crippen LogP contribution in [0, 0.1) is 12.8 Å². The maximum absolute atomic E-state index is 13.0. The highest BCUT2D eigenvalue weighted by molar-refractivity contribution is 6.33. The van der Waals surface area contributed by atoms with Gasteiger partial charge in [-0.25, -0.2) is 4.68 Å². The summed E-state index contributed by atoms with van der Waals surface area (Å²) in [7, 11) is 1.76. The lowest BCUT2D eigenvalue weighted by Gasteiger charge is -2.17. The molecule has 1 N–H and O–H groups in total. The quantitative estimate of drug-likeness (QED) is 0.699. The molecule has 1 saturated heterocycles. The Morgan fingerprint density at radius 3 is 2.43 bits per heavy atom. The molecule has 7 nitrogen and oxygen atoms in total. The number of nitrogens with zero attached hydrogens (tertiary/aromatic N) is 3. The Kier molecular flexibility index (Phi) is 5.22. The molecular weight excluding hydrogens is 404 g/mol. The first-order valence-electron chi connectivity index (χ1n) is 9.58. The molecule has 8 heteroatoms. The van der Waals surface area contributed by atoms with E-state index in [1.165, 1.54) is 9.58 Å². The number of rotatable bonds is 4. The molecule has 0 aliphatic carbocycles. The van der Waals surface area contributed by atoms with Gasteiger partial charge < -0.3 is 10.2 Å². The van der Waals surface area contributed by atoms with Crippen LogP contribution in [0.1, 0.15) is 12.1 Å². The lowest BCUT2D eigenvalue weighted by atomic mass is 10.1. The van der Waals surface area contributed by atoms with Crippen LogP contribution in [0.25, 0.3) is 5.69 Å². The summed E-state index contributed by atoms with van der Waals surface area (Å²) in [6.07, 6.45) is 0.0653. The standard InChI is InChI=1S/C22H21ClN4O3/c1-14-20(22(30)27(25(14)2)16-8-4-3-5-9-16)24-21(29)15-12-19(28)26(13-15)18-11-7-6-10-17(18)23/h3-11,15H,12-13H2,1-2H3,(H,24,29).